The number of carboxylic acid groups (broad SMARTS) is 1. The maximum Gasteiger partial charge on any atom is 0.323 e. The molecule has 0 aliphatic carbocycles. The third kappa shape index (κ3) is 4.18. The van der Waals surface area contributed by atoms with E-state index in [1.807, 2.05) is 6.92 Å². The number of thioether (sulfide) groups is 1. The first kappa shape index (κ1) is 15.9. The summed E-state index contributed by atoms with van der Waals surface area (Å²) in [6.45, 7) is 3.45. The molecular weight excluding hydrogens is 272 g/mol. The van der Waals surface area contributed by atoms with Crippen molar-refractivity contribution in [3.63, 3.8) is 0 Å². The fourth-order valence-electron chi connectivity index (χ4n) is 1.70. The van der Waals surface area contributed by atoms with Crippen LogP contribution in [0.5, 0.6) is 0 Å². The van der Waals surface area contributed by atoms with Gasteiger partial charge in [0.15, 0.2) is 11.6 Å². The summed E-state index contributed by atoms with van der Waals surface area (Å²) in [5, 5.41) is 11.9. The highest BCUT2D eigenvalue weighted by Gasteiger charge is 2.33. The summed E-state index contributed by atoms with van der Waals surface area (Å²) in [6, 6.07) is 3.67. The fourth-order valence-corrected chi connectivity index (χ4v) is 2.89. The van der Waals surface area contributed by atoms with Crippen molar-refractivity contribution < 1.29 is 18.7 Å². The second kappa shape index (κ2) is 6.34. The quantitative estimate of drug-likeness (QED) is 0.791. The topological polar surface area (TPSA) is 49.3 Å². The molecule has 19 heavy (non-hydrogen) atoms. The normalized spacial score (nSPS) is 15.8. The monoisotopic (exact) mass is 289 g/mol. The van der Waals surface area contributed by atoms with Crippen molar-refractivity contribution in [1.29, 1.82) is 0 Å². The lowest BCUT2D eigenvalue weighted by atomic mass is 9.96. The number of rotatable bonds is 6. The Labute approximate surface area is 115 Å². The molecule has 0 saturated heterocycles. The minimum atomic E-state index is -1.04. The molecule has 6 heteroatoms. The Hall–Kier alpha value is -1.14. The van der Waals surface area contributed by atoms with Crippen molar-refractivity contribution in [1.82, 2.24) is 5.32 Å². The van der Waals surface area contributed by atoms with E-state index >= 15 is 0 Å². The SMILES string of the molecule is CNC(C)(CC(C)Sc1ccc(F)c(F)c1)C(=O)O. The molecule has 106 valence electrons. The summed E-state index contributed by atoms with van der Waals surface area (Å²) < 4.78 is 25.9. The van der Waals surface area contributed by atoms with Crippen molar-refractivity contribution in [3.8, 4) is 0 Å². The Morgan fingerprint density at radius 1 is 1.47 bits per heavy atom. The van der Waals surface area contributed by atoms with Gasteiger partial charge in [-0.2, -0.15) is 0 Å². The number of hydrogen-bond acceptors (Lipinski definition) is 3. The van der Waals surface area contributed by atoms with Gasteiger partial charge in [-0.1, -0.05) is 6.92 Å². The van der Waals surface area contributed by atoms with Crippen LogP contribution in [0.25, 0.3) is 0 Å². The molecule has 2 unspecified atom stereocenters. The van der Waals surface area contributed by atoms with E-state index in [9.17, 15) is 13.6 Å². The van der Waals surface area contributed by atoms with Gasteiger partial charge in [-0.3, -0.25) is 4.79 Å². The maximum atomic E-state index is 13.1. The first-order chi connectivity index (χ1) is 8.78. The first-order valence-electron chi connectivity index (χ1n) is 5.82. The van der Waals surface area contributed by atoms with E-state index < -0.39 is 23.1 Å². The smallest absolute Gasteiger partial charge is 0.323 e. The van der Waals surface area contributed by atoms with Crippen molar-refractivity contribution in [2.24, 2.45) is 0 Å². The average molecular weight is 289 g/mol. The highest BCUT2D eigenvalue weighted by atomic mass is 32.2. The fraction of sp³-hybridized carbons (Fsp3) is 0.462. The van der Waals surface area contributed by atoms with E-state index in [4.69, 9.17) is 5.11 Å². The molecule has 0 aliphatic heterocycles. The Balaban J connectivity index is 2.71. The number of carbonyl (C=O) groups is 1. The standard InChI is InChI=1S/C13H17F2NO2S/c1-8(7-13(2,16-3)12(17)18)19-9-4-5-10(14)11(15)6-9/h4-6,8,16H,7H2,1-3H3,(H,17,18). The van der Waals surface area contributed by atoms with Crippen LogP contribution in [0.1, 0.15) is 20.3 Å². The number of aliphatic carboxylic acids is 1. The third-order valence-corrected chi connectivity index (χ3v) is 4.04. The molecule has 3 nitrogen and oxygen atoms in total. The van der Waals surface area contributed by atoms with Gasteiger partial charge in [-0.25, -0.2) is 8.78 Å². The van der Waals surface area contributed by atoms with Crippen molar-refractivity contribution in [2.45, 2.75) is 36.0 Å². The summed E-state index contributed by atoms with van der Waals surface area (Å²) in [5.41, 5.74) is -1.04. The molecule has 0 fully saturated rings. The predicted molar refractivity (Wildman–Crippen MR) is 71.4 cm³/mol. The van der Waals surface area contributed by atoms with Crippen LogP contribution in [0.3, 0.4) is 0 Å². The average Bonchev–Trinajstić information content (AvgIpc) is 2.33. The zero-order chi connectivity index (χ0) is 14.6. The van der Waals surface area contributed by atoms with E-state index in [2.05, 4.69) is 5.32 Å². The first-order valence-corrected chi connectivity index (χ1v) is 6.70. The summed E-state index contributed by atoms with van der Waals surface area (Å²) in [5.74, 6) is -2.72. The van der Waals surface area contributed by atoms with Crippen LogP contribution in [0, 0.1) is 11.6 Å². The van der Waals surface area contributed by atoms with E-state index in [-0.39, 0.29) is 5.25 Å². The number of benzene rings is 1. The largest absolute Gasteiger partial charge is 0.480 e. The lowest BCUT2D eigenvalue weighted by molar-refractivity contribution is -0.144. The minimum Gasteiger partial charge on any atom is -0.480 e. The Morgan fingerprint density at radius 3 is 2.58 bits per heavy atom. The van der Waals surface area contributed by atoms with Gasteiger partial charge in [0.05, 0.1) is 0 Å². The molecule has 0 aliphatic rings. The van der Waals surface area contributed by atoms with Gasteiger partial charge in [0, 0.05) is 10.1 Å². The molecule has 0 bridgehead atoms. The Kier molecular flexibility index (Phi) is 5.31. The van der Waals surface area contributed by atoms with Gasteiger partial charge >= 0.3 is 5.97 Å². The van der Waals surface area contributed by atoms with Crippen LogP contribution in [0.2, 0.25) is 0 Å². The number of nitrogens with one attached hydrogen (secondary N) is 1. The molecule has 1 aromatic carbocycles. The molecule has 0 amide bonds. The van der Waals surface area contributed by atoms with Crippen LogP contribution < -0.4 is 5.32 Å². The van der Waals surface area contributed by atoms with Crippen LogP contribution in [-0.2, 0) is 4.79 Å². The highest BCUT2D eigenvalue weighted by molar-refractivity contribution is 7.99. The Bertz CT molecular complexity index is 470. The summed E-state index contributed by atoms with van der Waals surface area (Å²) in [6.07, 6.45) is 0.364. The second-order valence-electron chi connectivity index (χ2n) is 4.60. The number of halogens is 2. The van der Waals surface area contributed by atoms with Gasteiger partial charge in [-0.15, -0.1) is 11.8 Å². The molecule has 2 N–H and O–H groups in total. The number of carboxylic acids is 1. The van der Waals surface area contributed by atoms with Gasteiger partial charge in [0.25, 0.3) is 0 Å². The summed E-state index contributed by atoms with van der Waals surface area (Å²) >= 11 is 1.32. The maximum absolute atomic E-state index is 13.1. The van der Waals surface area contributed by atoms with Crippen LogP contribution in [-0.4, -0.2) is 28.9 Å². The van der Waals surface area contributed by atoms with Gasteiger partial charge in [0.2, 0.25) is 0 Å². The molecule has 0 spiro atoms. The zero-order valence-electron chi connectivity index (χ0n) is 11.0. The Morgan fingerprint density at radius 2 is 2.11 bits per heavy atom. The van der Waals surface area contributed by atoms with Crippen molar-refractivity contribution in [2.75, 3.05) is 7.05 Å². The van der Waals surface area contributed by atoms with Crippen molar-refractivity contribution in [3.05, 3.63) is 29.8 Å². The van der Waals surface area contributed by atoms with E-state index in [1.54, 1.807) is 14.0 Å². The zero-order valence-corrected chi connectivity index (χ0v) is 11.9. The van der Waals surface area contributed by atoms with Gasteiger partial charge in [-0.05, 0) is 38.6 Å². The lowest BCUT2D eigenvalue weighted by Crippen LogP contribution is -2.49. The molecular formula is C13H17F2NO2S. The van der Waals surface area contributed by atoms with E-state index in [0.29, 0.717) is 11.3 Å². The van der Waals surface area contributed by atoms with Gasteiger partial charge < -0.3 is 10.4 Å². The third-order valence-electron chi connectivity index (χ3n) is 2.95. The van der Waals surface area contributed by atoms with Crippen LogP contribution >= 0.6 is 11.8 Å². The number of hydrogen-bond donors (Lipinski definition) is 2. The van der Waals surface area contributed by atoms with Crippen LogP contribution in [0.4, 0.5) is 8.78 Å². The van der Waals surface area contributed by atoms with Gasteiger partial charge in [0.1, 0.15) is 5.54 Å². The molecule has 2 atom stereocenters. The minimum absolute atomic E-state index is 0.0570. The molecule has 1 rings (SSSR count). The summed E-state index contributed by atoms with van der Waals surface area (Å²) in [4.78, 5) is 11.7. The van der Waals surface area contributed by atoms with E-state index in [1.165, 1.54) is 17.8 Å². The molecule has 0 radical (unpaired) electrons. The summed E-state index contributed by atoms with van der Waals surface area (Å²) in [7, 11) is 1.59. The highest BCUT2D eigenvalue weighted by Crippen LogP contribution is 2.29. The molecule has 0 heterocycles. The van der Waals surface area contributed by atoms with Crippen LogP contribution in [0.15, 0.2) is 23.1 Å². The molecule has 0 saturated carbocycles. The second-order valence-corrected chi connectivity index (χ2v) is 6.11. The molecule has 1 aromatic rings. The van der Waals surface area contributed by atoms with Crippen molar-refractivity contribution >= 4 is 17.7 Å². The lowest BCUT2D eigenvalue weighted by Gasteiger charge is -2.27. The predicted octanol–water partition coefficient (Wildman–Crippen LogP) is 2.90. The molecule has 0 aromatic heterocycles. The number of likely N-dealkylation sites (N-methyl/N-ethyl adjacent to an activating group) is 1. The van der Waals surface area contributed by atoms with E-state index in [0.717, 1.165) is 12.1 Å².